The molecule has 0 aromatic heterocycles. The van der Waals surface area contributed by atoms with Gasteiger partial charge in [-0.1, -0.05) is 12.1 Å². The van der Waals surface area contributed by atoms with E-state index in [0.29, 0.717) is 6.61 Å². The van der Waals surface area contributed by atoms with Gasteiger partial charge in [0.25, 0.3) is 0 Å². The zero-order valence-corrected chi connectivity index (χ0v) is 8.99. The fraction of sp³-hybridized carbons (Fsp3) is 0.417. The van der Waals surface area contributed by atoms with E-state index in [1.807, 2.05) is 12.1 Å². The van der Waals surface area contributed by atoms with Gasteiger partial charge in [0.1, 0.15) is 5.84 Å². The molecule has 1 aliphatic rings. The van der Waals surface area contributed by atoms with Gasteiger partial charge in [0.15, 0.2) is 0 Å². The molecule has 0 saturated carbocycles. The van der Waals surface area contributed by atoms with Crippen LogP contribution in [0.3, 0.4) is 0 Å². The third kappa shape index (κ3) is 2.18. The Kier molecular flexibility index (Phi) is 3.02. The number of rotatable bonds is 3. The van der Waals surface area contributed by atoms with Crippen LogP contribution in [0.2, 0.25) is 0 Å². The van der Waals surface area contributed by atoms with Crippen molar-refractivity contribution in [1.29, 1.82) is 5.41 Å². The van der Waals surface area contributed by atoms with Gasteiger partial charge in [0.05, 0.1) is 6.61 Å². The van der Waals surface area contributed by atoms with Crippen LogP contribution in [0.4, 0.5) is 5.69 Å². The highest BCUT2D eigenvalue weighted by Crippen LogP contribution is 2.22. The van der Waals surface area contributed by atoms with Gasteiger partial charge in [-0.15, -0.1) is 0 Å². The van der Waals surface area contributed by atoms with E-state index in [1.165, 1.54) is 0 Å². The molecule has 3 nitrogen and oxygen atoms in total. The normalized spacial score (nSPS) is 16.1. The number of hydrogen-bond donors (Lipinski definition) is 1. The SMILES string of the molecule is COCc1cccc(N2CCCC2=N)c1. The highest BCUT2D eigenvalue weighted by Gasteiger charge is 2.18. The van der Waals surface area contributed by atoms with Crippen molar-refractivity contribution < 1.29 is 4.74 Å². The van der Waals surface area contributed by atoms with Crippen molar-refractivity contribution in [3.8, 4) is 0 Å². The first-order valence-electron chi connectivity index (χ1n) is 5.24. The highest BCUT2D eigenvalue weighted by molar-refractivity contribution is 5.97. The van der Waals surface area contributed by atoms with Crippen molar-refractivity contribution in [2.75, 3.05) is 18.6 Å². The zero-order valence-electron chi connectivity index (χ0n) is 8.99. The Hall–Kier alpha value is -1.35. The molecular weight excluding hydrogens is 188 g/mol. The van der Waals surface area contributed by atoms with E-state index in [4.69, 9.17) is 10.1 Å². The van der Waals surface area contributed by atoms with E-state index in [0.717, 1.165) is 36.5 Å². The van der Waals surface area contributed by atoms with Crippen molar-refractivity contribution >= 4 is 11.5 Å². The molecular formula is C12H16N2O. The molecule has 0 radical (unpaired) electrons. The van der Waals surface area contributed by atoms with Crippen LogP contribution in [-0.4, -0.2) is 19.5 Å². The molecule has 15 heavy (non-hydrogen) atoms. The van der Waals surface area contributed by atoms with Gasteiger partial charge < -0.3 is 9.64 Å². The summed E-state index contributed by atoms with van der Waals surface area (Å²) >= 11 is 0. The van der Waals surface area contributed by atoms with E-state index in [-0.39, 0.29) is 0 Å². The average Bonchev–Trinajstić information content (AvgIpc) is 2.65. The van der Waals surface area contributed by atoms with Crippen LogP contribution in [-0.2, 0) is 11.3 Å². The second kappa shape index (κ2) is 4.45. The minimum absolute atomic E-state index is 0.634. The first-order valence-corrected chi connectivity index (χ1v) is 5.24. The Morgan fingerprint density at radius 1 is 1.47 bits per heavy atom. The Morgan fingerprint density at radius 2 is 2.33 bits per heavy atom. The maximum Gasteiger partial charge on any atom is 0.100 e. The van der Waals surface area contributed by atoms with Gasteiger partial charge in [-0.25, -0.2) is 0 Å². The summed E-state index contributed by atoms with van der Waals surface area (Å²) in [4.78, 5) is 2.07. The Bertz CT molecular complexity index is 362. The standard InChI is InChI=1S/C12H16N2O/c1-15-9-10-4-2-5-11(8-10)14-7-3-6-12(14)13/h2,4-5,8,13H,3,6-7,9H2,1H3. The fourth-order valence-electron chi connectivity index (χ4n) is 1.94. The van der Waals surface area contributed by atoms with E-state index < -0.39 is 0 Å². The average molecular weight is 204 g/mol. The first-order chi connectivity index (χ1) is 7.31. The van der Waals surface area contributed by atoms with Crippen LogP contribution in [0.25, 0.3) is 0 Å². The number of nitrogens with zero attached hydrogens (tertiary/aromatic N) is 1. The smallest absolute Gasteiger partial charge is 0.100 e. The lowest BCUT2D eigenvalue weighted by molar-refractivity contribution is 0.185. The Labute approximate surface area is 90.2 Å². The van der Waals surface area contributed by atoms with Crippen LogP contribution < -0.4 is 4.90 Å². The molecule has 0 bridgehead atoms. The molecule has 1 fully saturated rings. The summed E-state index contributed by atoms with van der Waals surface area (Å²) in [5.74, 6) is 0.726. The van der Waals surface area contributed by atoms with Crippen molar-refractivity contribution in [2.45, 2.75) is 19.4 Å². The lowest BCUT2D eigenvalue weighted by atomic mass is 10.2. The largest absolute Gasteiger partial charge is 0.380 e. The monoisotopic (exact) mass is 204 g/mol. The van der Waals surface area contributed by atoms with Crippen LogP contribution >= 0.6 is 0 Å². The summed E-state index contributed by atoms with van der Waals surface area (Å²) in [5.41, 5.74) is 2.28. The fourth-order valence-corrected chi connectivity index (χ4v) is 1.94. The summed E-state index contributed by atoms with van der Waals surface area (Å²) in [6.45, 7) is 1.60. The molecule has 3 heteroatoms. The summed E-state index contributed by atoms with van der Waals surface area (Å²) in [6.07, 6.45) is 1.99. The molecule has 0 spiro atoms. The molecule has 1 aromatic carbocycles. The van der Waals surface area contributed by atoms with Crippen LogP contribution in [0.1, 0.15) is 18.4 Å². The predicted octanol–water partition coefficient (Wildman–Crippen LogP) is 2.41. The lowest BCUT2D eigenvalue weighted by Crippen LogP contribution is -2.23. The molecule has 1 aliphatic heterocycles. The molecule has 0 amide bonds. The van der Waals surface area contributed by atoms with Crippen molar-refractivity contribution in [3.05, 3.63) is 29.8 Å². The molecule has 0 aliphatic carbocycles. The van der Waals surface area contributed by atoms with Crippen LogP contribution in [0.5, 0.6) is 0 Å². The molecule has 1 saturated heterocycles. The molecule has 0 unspecified atom stereocenters. The maximum absolute atomic E-state index is 7.81. The number of benzene rings is 1. The first kappa shape index (κ1) is 10.2. The van der Waals surface area contributed by atoms with Crippen LogP contribution in [0, 0.1) is 5.41 Å². The summed E-state index contributed by atoms with van der Waals surface area (Å²) < 4.78 is 5.10. The van der Waals surface area contributed by atoms with Crippen molar-refractivity contribution in [1.82, 2.24) is 0 Å². The molecule has 1 N–H and O–H groups in total. The van der Waals surface area contributed by atoms with E-state index in [2.05, 4.69) is 17.0 Å². The zero-order chi connectivity index (χ0) is 10.7. The third-order valence-electron chi connectivity index (χ3n) is 2.65. The highest BCUT2D eigenvalue weighted by atomic mass is 16.5. The van der Waals surface area contributed by atoms with Gasteiger partial charge in [-0.2, -0.15) is 0 Å². The lowest BCUT2D eigenvalue weighted by Gasteiger charge is -2.18. The van der Waals surface area contributed by atoms with Crippen LogP contribution in [0.15, 0.2) is 24.3 Å². The van der Waals surface area contributed by atoms with Gasteiger partial charge in [-0.3, -0.25) is 5.41 Å². The second-order valence-electron chi connectivity index (χ2n) is 3.80. The predicted molar refractivity (Wildman–Crippen MR) is 61.5 cm³/mol. The number of ether oxygens (including phenoxy) is 1. The van der Waals surface area contributed by atoms with E-state index in [1.54, 1.807) is 7.11 Å². The number of amidine groups is 1. The Morgan fingerprint density at radius 3 is 3.00 bits per heavy atom. The van der Waals surface area contributed by atoms with Gasteiger partial charge in [-0.05, 0) is 24.1 Å². The number of hydrogen-bond acceptors (Lipinski definition) is 2. The summed E-state index contributed by atoms with van der Waals surface area (Å²) in [6, 6.07) is 8.23. The van der Waals surface area contributed by atoms with Gasteiger partial charge >= 0.3 is 0 Å². The second-order valence-corrected chi connectivity index (χ2v) is 3.80. The maximum atomic E-state index is 7.81. The van der Waals surface area contributed by atoms with E-state index in [9.17, 15) is 0 Å². The summed E-state index contributed by atoms with van der Waals surface area (Å²) in [5, 5.41) is 7.81. The molecule has 1 heterocycles. The van der Waals surface area contributed by atoms with Gasteiger partial charge in [0, 0.05) is 25.8 Å². The van der Waals surface area contributed by atoms with Crippen molar-refractivity contribution in [2.24, 2.45) is 0 Å². The molecule has 0 atom stereocenters. The molecule has 2 rings (SSSR count). The number of methoxy groups -OCH3 is 1. The third-order valence-corrected chi connectivity index (χ3v) is 2.65. The minimum Gasteiger partial charge on any atom is -0.380 e. The summed E-state index contributed by atoms with van der Waals surface area (Å²) in [7, 11) is 1.70. The minimum atomic E-state index is 0.634. The number of anilines is 1. The Balaban J connectivity index is 2.20. The number of nitrogens with one attached hydrogen (secondary N) is 1. The molecule has 80 valence electrons. The molecule has 1 aromatic rings. The quantitative estimate of drug-likeness (QED) is 0.820. The topological polar surface area (TPSA) is 36.3 Å². The van der Waals surface area contributed by atoms with E-state index >= 15 is 0 Å². The van der Waals surface area contributed by atoms with Gasteiger partial charge in [0.2, 0.25) is 0 Å². The van der Waals surface area contributed by atoms with Crippen molar-refractivity contribution in [3.63, 3.8) is 0 Å².